The maximum Gasteiger partial charge on any atom is 0.264 e. The van der Waals surface area contributed by atoms with E-state index in [0.29, 0.717) is 21.3 Å². The highest BCUT2D eigenvalue weighted by Gasteiger charge is 2.28. The molecule has 0 saturated carbocycles. The van der Waals surface area contributed by atoms with E-state index >= 15 is 0 Å². The van der Waals surface area contributed by atoms with Crippen LogP contribution in [-0.4, -0.2) is 20.9 Å². The molecule has 0 heterocycles. The van der Waals surface area contributed by atoms with E-state index in [1.54, 1.807) is 61.5 Å². The maximum atomic E-state index is 13.3. The van der Waals surface area contributed by atoms with Gasteiger partial charge in [-0.3, -0.25) is 9.10 Å². The van der Waals surface area contributed by atoms with Crippen molar-refractivity contribution in [3.8, 4) is 0 Å². The Balaban J connectivity index is 1.90. The number of rotatable bonds is 7. The molecule has 0 atom stereocenters. The fraction of sp³-hybridized carbons (Fsp3) is 0.136. The van der Waals surface area contributed by atoms with E-state index in [4.69, 9.17) is 23.2 Å². The number of carbonyl (C=O) groups excluding carboxylic acids is 1. The zero-order chi connectivity index (χ0) is 21.7. The molecule has 0 bridgehead atoms. The van der Waals surface area contributed by atoms with Crippen LogP contribution >= 0.6 is 23.2 Å². The van der Waals surface area contributed by atoms with Crippen molar-refractivity contribution in [3.63, 3.8) is 0 Å². The summed E-state index contributed by atoms with van der Waals surface area (Å²) < 4.78 is 27.7. The number of sulfonamides is 1. The van der Waals surface area contributed by atoms with Crippen LogP contribution in [-0.2, 0) is 21.4 Å². The molecule has 3 aromatic rings. The summed E-state index contributed by atoms with van der Waals surface area (Å²) in [5.74, 6) is -0.455. The number of carbonyl (C=O) groups is 1. The summed E-state index contributed by atoms with van der Waals surface area (Å²) in [6, 6.07) is 20.0. The van der Waals surface area contributed by atoms with E-state index < -0.39 is 15.9 Å². The first-order chi connectivity index (χ1) is 14.3. The average Bonchev–Trinajstić information content (AvgIpc) is 2.72. The second-order valence-corrected chi connectivity index (χ2v) is 9.33. The molecular formula is C22H20Cl2N2O3S. The van der Waals surface area contributed by atoms with Gasteiger partial charge in [0.1, 0.15) is 6.54 Å². The molecule has 0 aliphatic heterocycles. The molecule has 1 N–H and O–H groups in total. The fourth-order valence-electron chi connectivity index (χ4n) is 2.94. The third-order valence-electron chi connectivity index (χ3n) is 4.48. The molecule has 30 heavy (non-hydrogen) atoms. The smallest absolute Gasteiger partial charge is 0.264 e. The van der Waals surface area contributed by atoms with Crippen molar-refractivity contribution in [1.82, 2.24) is 5.32 Å². The number of nitrogens with one attached hydrogen (secondary N) is 1. The molecule has 1 amide bonds. The van der Waals surface area contributed by atoms with Gasteiger partial charge in [0.05, 0.1) is 10.6 Å². The van der Waals surface area contributed by atoms with E-state index in [9.17, 15) is 13.2 Å². The van der Waals surface area contributed by atoms with Crippen molar-refractivity contribution in [1.29, 1.82) is 0 Å². The Hall–Kier alpha value is -2.54. The number of hydrogen-bond donors (Lipinski definition) is 1. The molecule has 8 heteroatoms. The first kappa shape index (κ1) is 22.2. The number of amides is 1. The highest BCUT2D eigenvalue weighted by Crippen LogP contribution is 2.28. The van der Waals surface area contributed by atoms with E-state index in [2.05, 4.69) is 5.32 Å². The lowest BCUT2D eigenvalue weighted by Gasteiger charge is -2.25. The molecule has 0 aliphatic rings. The number of halogens is 2. The van der Waals surface area contributed by atoms with E-state index in [-0.39, 0.29) is 18.0 Å². The molecule has 0 radical (unpaired) electrons. The number of nitrogens with zero attached hydrogens (tertiary/aromatic N) is 1. The van der Waals surface area contributed by atoms with Crippen LogP contribution in [0.15, 0.2) is 77.7 Å². The molecule has 0 spiro atoms. The zero-order valence-electron chi connectivity index (χ0n) is 16.2. The average molecular weight is 463 g/mol. The third kappa shape index (κ3) is 5.14. The van der Waals surface area contributed by atoms with E-state index in [1.807, 2.05) is 6.07 Å². The van der Waals surface area contributed by atoms with Crippen molar-refractivity contribution < 1.29 is 13.2 Å². The van der Waals surface area contributed by atoms with Gasteiger partial charge in [-0.05, 0) is 54.4 Å². The fourth-order valence-corrected chi connectivity index (χ4v) is 4.88. The zero-order valence-corrected chi connectivity index (χ0v) is 18.5. The van der Waals surface area contributed by atoms with Gasteiger partial charge in [0, 0.05) is 16.6 Å². The topological polar surface area (TPSA) is 66.5 Å². The molecular weight excluding hydrogens is 443 g/mol. The minimum Gasteiger partial charge on any atom is -0.350 e. The van der Waals surface area contributed by atoms with Gasteiger partial charge in [0.15, 0.2) is 0 Å². The Labute approximate surface area is 186 Å². The van der Waals surface area contributed by atoms with Crippen LogP contribution in [0.4, 0.5) is 5.69 Å². The molecule has 0 aromatic heterocycles. The third-order valence-corrected chi connectivity index (χ3v) is 6.86. The second kappa shape index (κ2) is 9.51. The molecule has 3 rings (SSSR count). The minimum absolute atomic E-state index is 0.0956. The van der Waals surface area contributed by atoms with Crippen LogP contribution in [0, 0.1) is 6.92 Å². The van der Waals surface area contributed by atoms with Crippen LogP contribution < -0.4 is 9.62 Å². The molecule has 156 valence electrons. The van der Waals surface area contributed by atoms with Crippen molar-refractivity contribution in [2.45, 2.75) is 18.4 Å². The summed E-state index contributed by atoms with van der Waals surface area (Å²) in [6.07, 6.45) is 0. The van der Waals surface area contributed by atoms with Gasteiger partial charge >= 0.3 is 0 Å². The van der Waals surface area contributed by atoms with Gasteiger partial charge in [0.25, 0.3) is 10.0 Å². The van der Waals surface area contributed by atoms with Gasteiger partial charge in [-0.25, -0.2) is 8.42 Å². The standard InChI is InChI=1S/C22H20Cl2N2O3S/c1-16-13-18(23)11-12-21(16)26(30(28,29)19-8-3-2-4-9-19)15-22(27)25-14-17-7-5-6-10-20(17)24/h2-13H,14-15H2,1H3,(H,25,27). The Kier molecular flexibility index (Phi) is 7.02. The molecule has 0 unspecified atom stereocenters. The van der Waals surface area contributed by atoms with E-state index in [1.165, 1.54) is 12.1 Å². The van der Waals surface area contributed by atoms with E-state index in [0.717, 1.165) is 9.87 Å². The first-order valence-electron chi connectivity index (χ1n) is 9.13. The predicted molar refractivity (Wildman–Crippen MR) is 120 cm³/mol. The second-order valence-electron chi connectivity index (χ2n) is 6.62. The summed E-state index contributed by atoms with van der Waals surface area (Å²) >= 11 is 12.2. The van der Waals surface area contributed by atoms with Crippen molar-refractivity contribution >= 4 is 44.8 Å². The van der Waals surface area contributed by atoms with Crippen LogP contribution in [0.25, 0.3) is 0 Å². The maximum absolute atomic E-state index is 13.3. The lowest BCUT2D eigenvalue weighted by atomic mass is 10.2. The minimum atomic E-state index is -3.97. The molecule has 0 aliphatic carbocycles. The van der Waals surface area contributed by atoms with Crippen LogP contribution in [0.1, 0.15) is 11.1 Å². The van der Waals surface area contributed by atoms with Gasteiger partial charge in [-0.15, -0.1) is 0 Å². The van der Waals surface area contributed by atoms with Gasteiger partial charge < -0.3 is 5.32 Å². The Bertz CT molecular complexity index is 1150. The Morgan fingerprint density at radius 2 is 1.63 bits per heavy atom. The first-order valence-corrected chi connectivity index (χ1v) is 11.3. The van der Waals surface area contributed by atoms with Crippen molar-refractivity contribution in [2.75, 3.05) is 10.8 Å². The van der Waals surface area contributed by atoms with Crippen LogP contribution in [0.5, 0.6) is 0 Å². The lowest BCUT2D eigenvalue weighted by Crippen LogP contribution is -2.41. The molecule has 0 fully saturated rings. The highest BCUT2D eigenvalue weighted by atomic mass is 35.5. The summed E-state index contributed by atoms with van der Waals surface area (Å²) in [7, 11) is -3.97. The molecule has 3 aromatic carbocycles. The summed E-state index contributed by atoms with van der Waals surface area (Å²) in [5, 5.41) is 3.75. The van der Waals surface area contributed by atoms with Gasteiger partial charge in [-0.2, -0.15) is 0 Å². The quantitative estimate of drug-likeness (QED) is 0.547. The Morgan fingerprint density at radius 3 is 2.30 bits per heavy atom. The van der Waals surface area contributed by atoms with Crippen molar-refractivity contribution in [2.24, 2.45) is 0 Å². The monoisotopic (exact) mass is 462 g/mol. The Morgan fingerprint density at radius 1 is 0.967 bits per heavy atom. The van der Waals surface area contributed by atoms with Gasteiger partial charge in [-0.1, -0.05) is 59.6 Å². The van der Waals surface area contributed by atoms with Crippen LogP contribution in [0.2, 0.25) is 10.0 Å². The molecule has 5 nitrogen and oxygen atoms in total. The van der Waals surface area contributed by atoms with Gasteiger partial charge in [0.2, 0.25) is 5.91 Å². The normalized spacial score (nSPS) is 11.2. The molecule has 0 saturated heterocycles. The number of hydrogen-bond acceptors (Lipinski definition) is 3. The SMILES string of the molecule is Cc1cc(Cl)ccc1N(CC(=O)NCc1ccccc1Cl)S(=O)(=O)c1ccccc1. The van der Waals surface area contributed by atoms with Crippen molar-refractivity contribution in [3.05, 3.63) is 94.0 Å². The number of benzene rings is 3. The summed E-state index contributed by atoms with van der Waals surface area (Å²) in [4.78, 5) is 12.8. The summed E-state index contributed by atoms with van der Waals surface area (Å²) in [6.45, 7) is 1.55. The largest absolute Gasteiger partial charge is 0.350 e. The summed E-state index contributed by atoms with van der Waals surface area (Å²) in [5.41, 5.74) is 1.77. The highest BCUT2D eigenvalue weighted by molar-refractivity contribution is 7.92. The van der Waals surface area contributed by atoms with Crippen LogP contribution in [0.3, 0.4) is 0 Å². The predicted octanol–water partition coefficient (Wildman–Crippen LogP) is 4.81. The number of anilines is 1. The number of aryl methyl sites for hydroxylation is 1. The lowest BCUT2D eigenvalue weighted by molar-refractivity contribution is -0.119.